The van der Waals surface area contributed by atoms with Gasteiger partial charge in [0.25, 0.3) is 0 Å². The quantitative estimate of drug-likeness (QED) is 0.874. The molecule has 0 bridgehead atoms. The summed E-state index contributed by atoms with van der Waals surface area (Å²) in [5.74, 6) is 0.528. The third-order valence-electron chi connectivity index (χ3n) is 3.85. The fourth-order valence-corrected chi connectivity index (χ4v) is 2.58. The summed E-state index contributed by atoms with van der Waals surface area (Å²) in [4.78, 5) is 17.8. The number of nitrogens with zero attached hydrogens (tertiary/aromatic N) is 2. The van der Waals surface area contributed by atoms with E-state index in [0.29, 0.717) is 17.5 Å². The summed E-state index contributed by atoms with van der Waals surface area (Å²) in [5, 5.41) is 9.10. The smallest absolute Gasteiger partial charge is 0.335 e. The van der Waals surface area contributed by atoms with Gasteiger partial charge in [-0.2, -0.15) is 0 Å². The standard InChI is InChI=1S/C14H20N2O2/c1-9-5-4-6-16(11(9)3)13-8-12(14(17)18)7-10(2)15-13/h7-9,11H,4-6H2,1-3H3,(H,17,18). The highest BCUT2D eigenvalue weighted by atomic mass is 16.4. The molecular formula is C14H20N2O2. The van der Waals surface area contributed by atoms with Gasteiger partial charge in [0.15, 0.2) is 0 Å². The van der Waals surface area contributed by atoms with E-state index in [0.717, 1.165) is 24.5 Å². The number of piperidine rings is 1. The number of hydrogen-bond acceptors (Lipinski definition) is 3. The Labute approximate surface area is 108 Å². The Balaban J connectivity index is 2.35. The molecule has 1 saturated heterocycles. The lowest BCUT2D eigenvalue weighted by molar-refractivity contribution is 0.0696. The predicted molar refractivity (Wildman–Crippen MR) is 71.1 cm³/mol. The summed E-state index contributed by atoms with van der Waals surface area (Å²) < 4.78 is 0. The third-order valence-corrected chi connectivity index (χ3v) is 3.85. The maximum Gasteiger partial charge on any atom is 0.335 e. The Morgan fingerprint density at radius 2 is 2.17 bits per heavy atom. The fraction of sp³-hybridized carbons (Fsp3) is 0.571. The Hall–Kier alpha value is -1.58. The Bertz CT molecular complexity index is 459. The number of aromatic carboxylic acids is 1. The van der Waals surface area contributed by atoms with E-state index in [1.54, 1.807) is 12.1 Å². The summed E-state index contributed by atoms with van der Waals surface area (Å²) in [5.41, 5.74) is 1.08. The molecule has 1 aliphatic heterocycles. The topological polar surface area (TPSA) is 53.4 Å². The van der Waals surface area contributed by atoms with Gasteiger partial charge in [-0.15, -0.1) is 0 Å². The van der Waals surface area contributed by atoms with Crippen LogP contribution in [0.5, 0.6) is 0 Å². The van der Waals surface area contributed by atoms with Crippen LogP contribution in [0.25, 0.3) is 0 Å². The van der Waals surface area contributed by atoms with E-state index in [4.69, 9.17) is 5.11 Å². The number of aromatic nitrogens is 1. The average Bonchev–Trinajstić information content (AvgIpc) is 2.31. The third kappa shape index (κ3) is 2.47. The van der Waals surface area contributed by atoms with E-state index < -0.39 is 5.97 Å². The summed E-state index contributed by atoms with van der Waals surface area (Å²) in [7, 11) is 0. The van der Waals surface area contributed by atoms with E-state index in [-0.39, 0.29) is 0 Å². The number of aryl methyl sites for hydroxylation is 1. The van der Waals surface area contributed by atoms with Crippen LogP contribution in [-0.4, -0.2) is 28.6 Å². The van der Waals surface area contributed by atoms with Gasteiger partial charge in [0.05, 0.1) is 5.56 Å². The maximum atomic E-state index is 11.1. The molecule has 1 fully saturated rings. The highest BCUT2D eigenvalue weighted by Gasteiger charge is 2.26. The van der Waals surface area contributed by atoms with Gasteiger partial charge >= 0.3 is 5.97 Å². The minimum Gasteiger partial charge on any atom is -0.478 e. The number of carboxylic acid groups (broad SMARTS) is 1. The molecule has 1 aromatic rings. The van der Waals surface area contributed by atoms with E-state index >= 15 is 0 Å². The summed E-state index contributed by atoms with van der Waals surface area (Å²) >= 11 is 0. The number of pyridine rings is 1. The van der Waals surface area contributed by atoms with E-state index in [9.17, 15) is 4.79 Å². The largest absolute Gasteiger partial charge is 0.478 e. The van der Waals surface area contributed by atoms with Crippen LogP contribution < -0.4 is 4.90 Å². The number of hydrogen-bond donors (Lipinski definition) is 1. The average molecular weight is 248 g/mol. The molecule has 1 aliphatic rings. The molecule has 1 N–H and O–H groups in total. The molecule has 2 unspecified atom stereocenters. The summed E-state index contributed by atoms with van der Waals surface area (Å²) in [6.45, 7) is 7.23. The van der Waals surface area contributed by atoms with E-state index in [1.807, 2.05) is 6.92 Å². The van der Waals surface area contributed by atoms with Gasteiger partial charge in [-0.3, -0.25) is 0 Å². The minimum atomic E-state index is -0.889. The number of carbonyl (C=O) groups is 1. The predicted octanol–water partition coefficient (Wildman–Crippen LogP) is 2.71. The van der Waals surface area contributed by atoms with Crippen molar-refractivity contribution in [3.8, 4) is 0 Å². The first kappa shape index (κ1) is 12.9. The van der Waals surface area contributed by atoms with Crippen molar-refractivity contribution in [1.82, 2.24) is 4.98 Å². The lowest BCUT2D eigenvalue weighted by atomic mass is 9.92. The molecule has 0 radical (unpaired) electrons. The lowest BCUT2D eigenvalue weighted by Crippen LogP contribution is -2.43. The molecule has 2 atom stereocenters. The first-order chi connectivity index (χ1) is 8.49. The monoisotopic (exact) mass is 248 g/mol. The number of anilines is 1. The molecule has 0 aliphatic carbocycles. The first-order valence-electron chi connectivity index (χ1n) is 6.47. The minimum absolute atomic E-state index is 0.322. The van der Waals surface area contributed by atoms with Crippen molar-refractivity contribution >= 4 is 11.8 Å². The molecule has 2 heterocycles. The number of rotatable bonds is 2. The van der Waals surface area contributed by atoms with Crippen LogP contribution in [0.3, 0.4) is 0 Å². The molecule has 0 saturated carbocycles. The van der Waals surface area contributed by atoms with Crippen LogP contribution in [0.4, 0.5) is 5.82 Å². The lowest BCUT2D eigenvalue weighted by Gasteiger charge is -2.39. The van der Waals surface area contributed by atoms with Gasteiger partial charge in [-0.25, -0.2) is 9.78 Å². The second kappa shape index (κ2) is 4.96. The highest BCUT2D eigenvalue weighted by molar-refractivity contribution is 5.88. The second-order valence-electron chi connectivity index (χ2n) is 5.21. The van der Waals surface area contributed by atoms with Crippen LogP contribution >= 0.6 is 0 Å². The molecule has 0 amide bonds. The van der Waals surface area contributed by atoms with E-state index in [1.165, 1.54) is 6.42 Å². The molecule has 98 valence electrons. The van der Waals surface area contributed by atoms with Crippen molar-refractivity contribution in [2.75, 3.05) is 11.4 Å². The first-order valence-corrected chi connectivity index (χ1v) is 6.47. The Morgan fingerprint density at radius 3 is 2.83 bits per heavy atom. The molecule has 4 heteroatoms. The second-order valence-corrected chi connectivity index (χ2v) is 5.21. The van der Waals surface area contributed by atoms with Crippen LogP contribution in [0.2, 0.25) is 0 Å². The number of carboxylic acids is 1. The molecule has 2 rings (SSSR count). The van der Waals surface area contributed by atoms with Crippen LogP contribution in [0.1, 0.15) is 42.7 Å². The van der Waals surface area contributed by atoms with Gasteiger partial charge in [0.2, 0.25) is 0 Å². The van der Waals surface area contributed by atoms with Crippen molar-refractivity contribution in [2.24, 2.45) is 5.92 Å². The molecule has 18 heavy (non-hydrogen) atoms. The van der Waals surface area contributed by atoms with Crippen molar-refractivity contribution in [1.29, 1.82) is 0 Å². The van der Waals surface area contributed by atoms with Crippen LogP contribution in [-0.2, 0) is 0 Å². The molecule has 1 aromatic heterocycles. The molecular weight excluding hydrogens is 228 g/mol. The molecule has 0 aromatic carbocycles. The highest BCUT2D eigenvalue weighted by Crippen LogP contribution is 2.27. The summed E-state index contributed by atoms with van der Waals surface area (Å²) in [6, 6.07) is 3.71. The maximum absolute atomic E-state index is 11.1. The normalized spacial score (nSPS) is 24.1. The Kier molecular flexibility index (Phi) is 3.55. The summed E-state index contributed by atoms with van der Waals surface area (Å²) in [6.07, 6.45) is 2.37. The van der Waals surface area contributed by atoms with Crippen molar-refractivity contribution < 1.29 is 9.90 Å². The van der Waals surface area contributed by atoms with Gasteiger partial charge in [-0.1, -0.05) is 6.92 Å². The zero-order valence-electron chi connectivity index (χ0n) is 11.2. The van der Waals surface area contributed by atoms with Gasteiger partial charge in [0.1, 0.15) is 5.82 Å². The van der Waals surface area contributed by atoms with Crippen LogP contribution in [0, 0.1) is 12.8 Å². The van der Waals surface area contributed by atoms with Crippen molar-refractivity contribution in [2.45, 2.75) is 39.7 Å². The Morgan fingerprint density at radius 1 is 1.44 bits per heavy atom. The molecule has 4 nitrogen and oxygen atoms in total. The van der Waals surface area contributed by atoms with Crippen molar-refractivity contribution in [3.05, 3.63) is 23.4 Å². The van der Waals surface area contributed by atoms with Crippen LogP contribution in [0.15, 0.2) is 12.1 Å². The van der Waals surface area contributed by atoms with Gasteiger partial charge in [-0.05, 0) is 44.7 Å². The van der Waals surface area contributed by atoms with Gasteiger partial charge < -0.3 is 10.0 Å². The zero-order chi connectivity index (χ0) is 13.3. The van der Waals surface area contributed by atoms with E-state index in [2.05, 4.69) is 23.7 Å². The fourth-order valence-electron chi connectivity index (χ4n) is 2.58. The SMILES string of the molecule is Cc1cc(C(=O)O)cc(N2CCCC(C)C2C)n1. The van der Waals surface area contributed by atoms with Gasteiger partial charge in [0, 0.05) is 18.3 Å². The molecule has 0 spiro atoms. The van der Waals surface area contributed by atoms with Crippen molar-refractivity contribution in [3.63, 3.8) is 0 Å². The zero-order valence-corrected chi connectivity index (χ0v) is 11.2.